The van der Waals surface area contributed by atoms with Crippen LogP contribution in [-0.2, 0) is 20.2 Å². The molecule has 0 aliphatic carbocycles. The molecule has 1 radical (unpaired) electrons. The minimum absolute atomic E-state index is 0.259. The predicted octanol–water partition coefficient (Wildman–Crippen LogP) is -0.0732. The molecular formula is C8H18NO6S2. The second-order valence-corrected chi connectivity index (χ2v) is 6.80. The van der Waals surface area contributed by atoms with E-state index in [1.165, 1.54) is 0 Å². The lowest BCUT2D eigenvalue weighted by Gasteiger charge is -2.01. The maximum Gasteiger partial charge on any atom is 0.264 e. The Morgan fingerprint density at radius 2 is 1.06 bits per heavy atom. The maximum atomic E-state index is 10.3. The molecule has 0 aromatic carbocycles. The molecule has 103 valence electrons. The van der Waals surface area contributed by atoms with Gasteiger partial charge in [-0.2, -0.15) is 16.8 Å². The zero-order valence-corrected chi connectivity index (χ0v) is 11.1. The van der Waals surface area contributed by atoms with Crippen LogP contribution in [0.2, 0.25) is 0 Å². The van der Waals surface area contributed by atoms with Crippen molar-refractivity contribution in [3.05, 3.63) is 0 Å². The van der Waals surface area contributed by atoms with Gasteiger partial charge < -0.3 is 0 Å². The van der Waals surface area contributed by atoms with Gasteiger partial charge in [-0.05, 0) is 25.7 Å². The van der Waals surface area contributed by atoms with Crippen molar-refractivity contribution >= 4 is 20.2 Å². The van der Waals surface area contributed by atoms with Crippen LogP contribution in [0.25, 0.3) is 0 Å². The van der Waals surface area contributed by atoms with Crippen molar-refractivity contribution in [2.75, 3.05) is 24.6 Å². The summed E-state index contributed by atoms with van der Waals surface area (Å²) in [5, 5.41) is 4.06. The van der Waals surface area contributed by atoms with Gasteiger partial charge in [0.05, 0.1) is 11.5 Å². The molecule has 17 heavy (non-hydrogen) atoms. The topological polar surface area (TPSA) is 123 Å². The number of hydrogen-bond acceptors (Lipinski definition) is 4. The van der Waals surface area contributed by atoms with E-state index in [0.29, 0.717) is 38.8 Å². The third kappa shape index (κ3) is 15.8. The van der Waals surface area contributed by atoms with Crippen molar-refractivity contribution in [3.8, 4) is 0 Å². The van der Waals surface area contributed by atoms with Crippen LogP contribution in [-0.4, -0.2) is 50.5 Å². The first-order valence-electron chi connectivity index (χ1n) is 5.24. The second kappa shape index (κ2) is 7.98. The highest BCUT2D eigenvalue weighted by molar-refractivity contribution is 7.86. The van der Waals surface area contributed by atoms with Crippen LogP contribution in [0.1, 0.15) is 25.7 Å². The van der Waals surface area contributed by atoms with Crippen LogP contribution in [0, 0.1) is 0 Å². The lowest BCUT2D eigenvalue weighted by atomic mass is 10.3. The average Bonchev–Trinajstić information content (AvgIpc) is 2.11. The number of nitrogens with zero attached hydrogens (tertiary/aromatic N) is 1. The molecule has 0 amide bonds. The molecule has 2 N–H and O–H groups in total. The molecule has 0 fully saturated rings. The summed E-state index contributed by atoms with van der Waals surface area (Å²) in [4.78, 5) is 0. The molecule has 0 saturated carbocycles. The minimum Gasteiger partial charge on any atom is -0.286 e. The first kappa shape index (κ1) is 16.8. The van der Waals surface area contributed by atoms with Gasteiger partial charge in [-0.25, -0.2) is 5.32 Å². The molecular weight excluding hydrogens is 270 g/mol. The van der Waals surface area contributed by atoms with Gasteiger partial charge in [0.25, 0.3) is 20.2 Å². The minimum atomic E-state index is -3.88. The Balaban J connectivity index is 3.25. The third-order valence-electron chi connectivity index (χ3n) is 1.94. The van der Waals surface area contributed by atoms with Crippen LogP contribution < -0.4 is 5.32 Å². The molecule has 0 rings (SSSR count). The zero-order chi connectivity index (χ0) is 13.4. The Morgan fingerprint density at radius 1 is 0.706 bits per heavy atom. The van der Waals surface area contributed by atoms with Crippen molar-refractivity contribution in [3.63, 3.8) is 0 Å². The van der Waals surface area contributed by atoms with Crippen molar-refractivity contribution < 1.29 is 25.9 Å². The SMILES string of the molecule is O=S(=O)(O)CCCC[N]CCCCS(=O)(=O)O. The molecule has 0 unspecified atom stereocenters. The number of unbranched alkanes of at least 4 members (excludes halogenated alkanes) is 2. The monoisotopic (exact) mass is 288 g/mol. The number of hydrogen-bond donors (Lipinski definition) is 2. The van der Waals surface area contributed by atoms with Crippen molar-refractivity contribution in [1.82, 2.24) is 5.32 Å². The fraction of sp³-hybridized carbons (Fsp3) is 1.00. The van der Waals surface area contributed by atoms with E-state index in [1.807, 2.05) is 0 Å². The smallest absolute Gasteiger partial charge is 0.264 e. The standard InChI is InChI=1S/C8H18NO6S2/c10-16(11,12)7-3-1-5-9-6-2-4-8-17(13,14)15/h1-8H2,(H,10,11,12)(H,13,14,15). The molecule has 0 atom stereocenters. The van der Waals surface area contributed by atoms with Crippen LogP contribution in [0.5, 0.6) is 0 Å². The van der Waals surface area contributed by atoms with Gasteiger partial charge in [0.15, 0.2) is 0 Å². The molecule has 0 aliphatic rings. The Kier molecular flexibility index (Phi) is 7.88. The predicted molar refractivity (Wildman–Crippen MR) is 63.2 cm³/mol. The van der Waals surface area contributed by atoms with Crippen LogP contribution in [0.4, 0.5) is 0 Å². The third-order valence-corrected chi connectivity index (χ3v) is 3.55. The average molecular weight is 288 g/mol. The fourth-order valence-corrected chi connectivity index (χ4v) is 2.27. The van der Waals surface area contributed by atoms with E-state index in [-0.39, 0.29) is 11.5 Å². The van der Waals surface area contributed by atoms with E-state index in [0.717, 1.165) is 0 Å². The Labute approximate surface area is 102 Å². The van der Waals surface area contributed by atoms with Gasteiger partial charge in [-0.15, -0.1) is 0 Å². The first-order valence-corrected chi connectivity index (χ1v) is 8.46. The van der Waals surface area contributed by atoms with Gasteiger partial charge >= 0.3 is 0 Å². The van der Waals surface area contributed by atoms with Crippen LogP contribution in [0.15, 0.2) is 0 Å². The Morgan fingerprint density at radius 3 is 1.35 bits per heavy atom. The maximum absolute atomic E-state index is 10.3. The molecule has 0 heterocycles. The summed E-state index contributed by atoms with van der Waals surface area (Å²) >= 11 is 0. The van der Waals surface area contributed by atoms with E-state index >= 15 is 0 Å². The van der Waals surface area contributed by atoms with Crippen LogP contribution >= 0.6 is 0 Å². The highest BCUT2D eigenvalue weighted by Crippen LogP contribution is 1.95. The molecule has 0 aromatic heterocycles. The fourth-order valence-electron chi connectivity index (χ4n) is 1.13. The van der Waals surface area contributed by atoms with Gasteiger partial charge in [-0.1, -0.05) is 0 Å². The molecule has 0 bridgehead atoms. The summed E-state index contributed by atoms with van der Waals surface area (Å²) in [6, 6.07) is 0. The van der Waals surface area contributed by atoms with E-state index in [1.54, 1.807) is 0 Å². The molecule has 9 heteroatoms. The summed E-state index contributed by atoms with van der Waals surface area (Å²) in [6.45, 7) is 0.975. The van der Waals surface area contributed by atoms with Crippen molar-refractivity contribution in [2.24, 2.45) is 0 Å². The van der Waals surface area contributed by atoms with Gasteiger partial charge in [0.2, 0.25) is 0 Å². The lowest BCUT2D eigenvalue weighted by Crippen LogP contribution is -2.12. The van der Waals surface area contributed by atoms with Gasteiger partial charge in [0, 0.05) is 13.1 Å². The molecule has 0 aromatic rings. The van der Waals surface area contributed by atoms with Gasteiger partial charge in [0.1, 0.15) is 0 Å². The Hall–Kier alpha value is -0.220. The summed E-state index contributed by atoms with van der Waals surface area (Å²) in [5.41, 5.74) is 0. The van der Waals surface area contributed by atoms with E-state index < -0.39 is 20.2 Å². The molecule has 0 saturated heterocycles. The normalized spacial score (nSPS) is 12.8. The summed E-state index contributed by atoms with van der Waals surface area (Å²) in [6.07, 6.45) is 1.84. The lowest BCUT2D eigenvalue weighted by molar-refractivity contribution is 0.478. The van der Waals surface area contributed by atoms with Crippen molar-refractivity contribution in [2.45, 2.75) is 25.7 Å². The highest BCUT2D eigenvalue weighted by Gasteiger charge is 2.04. The molecule has 7 nitrogen and oxygen atoms in total. The quantitative estimate of drug-likeness (QED) is 0.428. The molecule has 0 aliphatic heterocycles. The second-order valence-electron chi connectivity index (χ2n) is 3.66. The number of rotatable bonds is 10. The summed E-state index contributed by atoms with van der Waals surface area (Å²) in [5.74, 6) is -0.517. The largest absolute Gasteiger partial charge is 0.286 e. The van der Waals surface area contributed by atoms with E-state index in [4.69, 9.17) is 9.11 Å². The summed E-state index contributed by atoms with van der Waals surface area (Å²) in [7, 11) is -7.76. The Bertz CT molecular complexity index is 350. The zero-order valence-electron chi connectivity index (χ0n) is 9.45. The van der Waals surface area contributed by atoms with Crippen molar-refractivity contribution in [1.29, 1.82) is 0 Å². The summed E-state index contributed by atoms with van der Waals surface area (Å²) < 4.78 is 58.2. The first-order chi connectivity index (χ1) is 7.71. The van der Waals surface area contributed by atoms with E-state index in [9.17, 15) is 16.8 Å². The van der Waals surface area contributed by atoms with Crippen LogP contribution in [0.3, 0.4) is 0 Å². The van der Waals surface area contributed by atoms with Gasteiger partial charge in [-0.3, -0.25) is 9.11 Å². The van der Waals surface area contributed by atoms with E-state index in [2.05, 4.69) is 5.32 Å². The highest BCUT2D eigenvalue weighted by atomic mass is 32.2. The molecule has 0 spiro atoms.